The van der Waals surface area contributed by atoms with E-state index in [0.717, 1.165) is 43.4 Å². The lowest BCUT2D eigenvalue weighted by Gasteiger charge is -2.40. The number of rotatable bonds is 6. The Labute approximate surface area is 131 Å². The van der Waals surface area contributed by atoms with Crippen molar-refractivity contribution in [1.82, 2.24) is 15.5 Å². The van der Waals surface area contributed by atoms with Gasteiger partial charge in [0.05, 0.1) is 12.8 Å². The van der Waals surface area contributed by atoms with Crippen LogP contribution in [-0.2, 0) is 6.54 Å². The molecule has 0 saturated carbocycles. The van der Waals surface area contributed by atoms with E-state index >= 15 is 0 Å². The van der Waals surface area contributed by atoms with Crippen molar-refractivity contribution in [2.75, 3.05) is 31.6 Å². The van der Waals surface area contributed by atoms with Crippen LogP contribution in [0.5, 0.6) is 5.75 Å². The molecule has 2 aromatic rings. The first-order chi connectivity index (χ1) is 10.7. The molecule has 0 radical (unpaired) electrons. The Balaban J connectivity index is 1.38. The molecule has 1 N–H and O–H groups in total. The number of nitrogens with zero attached hydrogens (tertiary/aromatic N) is 3. The molecule has 1 aliphatic heterocycles. The van der Waals surface area contributed by atoms with Crippen molar-refractivity contribution in [3.63, 3.8) is 0 Å². The van der Waals surface area contributed by atoms with Crippen LogP contribution in [0, 0.1) is 12.8 Å². The molecular weight excluding hydrogens is 276 g/mol. The summed E-state index contributed by atoms with van der Waals surface area (Å²) in [6, 6.07) is 12.2. The summed E-state index contributed by atoms with van der Waals surface area (Å²) >= 11 is 0. The average molecular weight is 298 g/mol. The number of benzene rings is 1. The molecule has 5 nitrogen and oxygen atoms in total. The number of anilines is 1. The molecular formula is C17H22N4O. The quantitative estimate of drug-likeness (QED) is 0.884. The molecule has 0 aliphatic carbocycles. The summed E-state index contributed by atoms with van der Waals surface area (Å²) in [6.07, 6.45) is 0. The Kier molecular flexibility index (Phi) is 4.53. The second-order valence-electron chi connectivity index (χ2n) is 5.78. The summed E-state index contributed by atoms with van der Waals surface area (Å²) in [6.45, 7) is 5.98. The van der Waals surface area contributed by atoms with Crippen molar-refractivity contribution < 1.29 is 4.74 Å². The van der Waals surface area contributed by atoms with E-state index in [2.05, 4.69) is 32.5 Å². The van der Waals surface area contributed by atoms with Crippen LogP contribution in [0.1, 0.15) is 11.3 Å². The van der Waals surface area contributed by atoms with Crippen LogP contribution >= 0.6 is 0 Å². The van der Waals surface area contributed by atoms with Gasteiger partial charge in [-0.25, -0.2) is 0 Å². The van der Waals surface area contributed by atoms with E-state index in [4.69, 9.17) is 4.74 Å². The zero-order valence-corrected chi connectivity index (χ0v) is 13.1. The first kappa shape index (κ1) is 14.8. The van der Waals surface area contributed by atoms with Crippen molar-refractivity contribution in [3.05, 3.63) is 47.7 Å². The number of ether oxygens (including phenoxy) is 1. The third-order valence-corrected chi connectivity index (χ3v) is 3.99. The van der Waals surface area contributed by atoms with Crippen LogP contribution < -0.4 is 15.0 Å². The molecule has 1 aromatic carbocycles. The van der Waals surface area contributed by atoms with Gasteiger partial charge in [0.1, 0.15) is 5.75 Å². The Bertz CT molecular complexity index is 591. The number of hydrogen-bond acceptors (Lipinski definition) is 5. The van der Waals surface area contributed by atoms with E-state index in [1.807, 2.05) is 31.2 Å². The third-order valence-electron chi connectivity index (χ3n) is 3.99. The summed E-state index contributed by atoms with van der Waals surface area (Å²) in [5.41, 5.74) is 2.24. The fourth-order valence-corrected chi connectivity index (χ4v) is 2.61. The van der Waals surface area contributed by atoms with E-state index in [0.29, 0.717) is 5.92 Å². The van der Waals surface area contributed by atoms with Gasteiger partial charge in [0.2, 0.25) is 0 Å². The molecule has 1 fully saturated rings. The number of aryl methyl sites for hydroxylation is 1. The van der Waals surface area contributed by atoms with Crippen LogP contribution in [-0.4, -0.2) is 36.9 Å². The normalized spacial score (nSPS) is 14.7. The maximum atomic E-state index is 5.16. The summed E-state index contributed by atoms with van der Waals surface area (Å²) in [5, 5.41) is 11.8. The SMILES string of the molecule is COc1ccc(CNCC2CN(c3ccc(C)nn3)C2)cc1. The summed E-state index contributed by atoms with van der Waals surface area (Å²) < 4.78 is 5.16. The molecule has 1 aromatic heterocycles. The molecule has 22 heavy (non-hydrogen) atoms. The largest absolute Gasteiger partial charge is 0.497 e. The number of methoxy groups -OCH3 is 1. The van der Waals surface area contributed by atoms with E-state index in [9.17, 15) is 0 Å². The van der Waals surface area contributed by atoms with E-state index < -0.39 is 0 Å². The number of nitrogens with one attached hydrogen (secondary N) is 1. The van der Waals surface area contributed by atoms with Crippen LogP contribution in [0.15, 0.2) is 36.4 Å². The minimum atomic E-state index is 0.682. The average Bonchev–Trinajstić information content (AvgIpc) is 2.51. The molecule has 3 rings (SSSR count). The van der Waals surface area contributed by atoms with Gasteiger partial charge in [-0.05, 0) is 36.8 Å². The van der Waals surface area contributed by atoms with Gasteiger partial charge in [-0.1, -0.05) is 12.1 Å². The van der Waals surface area contributed by atoms with Crippen molar-refractivity contribution in [2.45, 2.75) is 13.5 Å². The van der Waals surface area contributed by atoms with Gasteiger partial charge in [0.15, 0.2) is 5.82 Å². The second-order valence-corrected chi connectivity index (χ2v) is 5.78. The highest BCUT2D eigenvalue weighted by Gasteiger charge is 2.27. The Morgan fingerprint density at radius 3 is 2.55 bits per heavy atom. The fraction of sp³-hybridized carbons (Fsp3) is 0.412. The summed E-state index contributed by atoms with van der Waals surface area (Å²) in [7, 11) is 1.69. The molecule has 1 aliphatic rings. The van der Waals surface area contributed by atoms with Crippen LogP contribution in [0.2, 0.25) is 0 Å². The lowest BCUT2D eigenvalue weighted by Crippen LogP contribution is -2.51. The van der Waals surface area contributed by atoms with Gasteiger partial charge >= 0.3 is 0 Å². The van der Waals surface area contributed by atoms with Crippen LogP contribution in [0.4, 0.5) is 5.82 Å². The molecule has 0 amide bonds. The van der Waals surface area contributed by atoms with Crippen molar-refractivity contribution in [2.24, 2.45) is 5.92 Å². The van der Waals surface area contributed by atoms with Gasteiger partial charge in [-0.3, -0.25) is 0 Å². The maximum Gasteiger partial charge on any atom is 0.151 e. The lowest BCUT2D eigenvalue weighted by molar-refractivity contribution is 0.381. The lowest BCUT2D eigenvalue weighted by atomic mass is 10.00. The zero-order valence-electron chi connectivity index (χ0n) is 13.1. The van der Waals surface area contributed by atoms with E-state index in [-0.39, 0.29) is 0 Å². The minimum Gasteiger partial charge on any atom is -0.497 e. The third kappa shape index (κ3) is 3.54. The van der Waals surface area contributed by atoms with E-state index in [1.54, 1.807) is 7.11 Å². The maximum absolute atomic E-state index is 5.16. The molecule has 0 spiro atoms. The van der Waals surface area contributed by atoms with Gasteiger partial charge < -0.3 is 15.0 Å². The fourth-order valence-electron chi connectivity index (χ4n) is 2.61. The molecule has 0 bridgehead atoms. The highest BCUT2D eigenvalue weighted by Crippen LogP contribution is 2.21. The molecule has 5 heteroatoms. The summed E-state index contributed by atoms with van der Waals surface area (Å²) in [4.78, 5) is 2.27. The molecule has 116 valence electrons. The van der Waals surface area contributed by atoms with Crippen molar-refractivity contribution in [3.8, 4) is 5.75 Å². The zero-order chi connectivity index (χ0) is 15.4. The Hall–Kier alpha value is -2.14. The molecule has 2 heterocycles. The van der Waals surface area contributed by atoms with Gasteiger partial charge in [-0.15, -0.1) is 5.10 Å². The van der Waals surface area contributed by atoms with Crippen LogP contribution in [0.25, 0.3) is 0 Å². The highest BCUT2D eigenvalue weighted by molar-refractivity contribution is 5.40. The molecule has 0 unspecified atom stereocenters. The number of aromatic nitrogens is 2. The van der Waals surface area contributed by atoms with Crippen molar-refractivity contribution >= 4 is 5.82 Å². The second kappa shape index (κ2) is 6.75. The van der Waals surface area contributed by atoms with E-state index in [1.165, 1.54) is 5.56 Å². The van der Waals surface area contributed by atoms with Crippen LogP contribution in [0.3, 0.4) is 0 Å². The summed E-state index contributed by atoms with van der Waals surface area (Å²) in [5.74, 6) is 2.57. The minimum absolute atomic E-state index is 0.682. The standard InChI is InChI=1S/C17H22N4O/c1-13-3-8-17(20-19-13)21-11-15(12-21)10-18-9-14-4-6-16(22-2)7-5-14/h3-8,15,18H,9-12H2,1-2H3. The Morgan fingerprint density at radius 2 is 1.91 bits per heavy atom. The Morgan fingerprint density at radius 1 is 1.14 bits per heavy atom. The molecule has 0 atom stereocenters. The predicted molar refractivity (Wildman–Crippen MR) is 87.2 cm³/mol. The number of hydrogen-bond donors (Lipinski definition) is 1. The highest BCUT2D eigenvalue weighted by atomic mass is 16.5. The van der Waals surface area contributed by atoms with Crippen molar-refractivity contribution in [1.29, 1.82) is 0 Å². The first-order valence-corrected chi connectivity index (χ1v) is 7.63. The topological polar surface area (TPSA) is 50.3 Å². The first-order valence-electron chi connectivity index (χ1n) is 7.63. The predicted octanol–water partition coefficient (Wildman–Crippen LogP) is 2.02. The smallest absolute Gasteiger partial charge is 0.151 e. The van der Waals surface area contributed by atoms with Gasteiger partial charge in [0, 0.05) is 32.1 Å². The van der Waals surface area contributed by atoms with Gasteiger partial charge in [-0.2, -0.15) is 5.10 Å². The molecule has 1 saturated heterocycles. The monoisotopic (exact) mass is 298 g/mol. The van der Waals surface area contributed by atoms with Gasteiger partial charge in [0.25, 0.3) is 0 Å².